The van der Waals surface area contributed by atoms with Crippen molar-refractivity contribution in [3.8, 4) is 0 Å². The molecule has 8 nitrogen and oxygen atoms in total. The van der Waals surface area contributed by atoms with E-state index in [1.165, 1.54) is 0 Å². The van der Waals surface area contributed by atoms with Crippen LogP contribution in [0.25, 0.3) is 0 Å². The van der Waals surface area contributed by atoms with Gasteiger partial charge in [-0.3, -0.25) is 0 Å². The maximum atomic E-state index is 5.09. The largest absolute Gasteiger partial charge is 0.385 e. The summed E-state index contributed by atoms with van der Waals surface area (Å²) in [7, 11) is 5.83. The predicted molar refractivity (Wildman–Crippen MR) is 117 cm³/mol. The van der Waals surface area contributed by atoms with Crippen LogP contribution in [-0.2, 0) is 18.3 Å². The van der Waals surface area contributed by atoms with Gasteiger partial charge in [0, 0.05) is 46.9 Å². The molecule has 0 saturated carbocycles. The number of nitrogens with zero attached hydrogens (tertiary/aromatic N) is 5. The van der Waals surface area contributed by atoms with Gasteiger partial charge >= 0.3 is 0 Å². The molecule has 0 bridgehead atoms. The van der Waals surface area contributed by atoms with Gasteiger partial charge in [0.1, 0.15) is 12.4 Å². The highest BCUT2D eigenvalue weighted by atomic mass is 127. The Labute approximate surface area is 175 Å². The first kappa shape index (κ1) is 25.1. The molecule has 1 aromatic heterocycles. The molecule has 1 aromatic rings. The van der Waals surface area contributed by atoms with Crippen molar-refractivity contribution in [2.75, 3.05) is 46.9 Å². The van der Waals surface area contributed by atoms with Gasteiger partial charge in [0.15, 0.2) is 11.8 Å². The van der Waals surface area contributed by atoms with Crippen LogP contribution in [0, 0.1) is 6.92 Å². The fourth-order valence-electron chi connectivity index (χ4n) is 2.25. The van der Waals surface area contributed by atoms with E-state index in [2.05, 4.69) is 44.7 Å². The van der Waals surface area contributed by atoms with Crippen LogP contribution in [0.3, 0.4) is 0 Å². The summed E-state index contributed by atoms with van der Waals surface area (Å²) >= 11 is 0. The Morgan fingerprint density at radius 2 is 1.92 bits per heavy atom. The molecule has 0 saturated heterocycles. The molecule has 0 atom stereocenters. The van der Waals surface area contributed by atoms with Crippen LogP contribution in [0.2, 0.25) is 0 Å². The summed E-state index contributed by atoms with van der Waals surface area (Å²) < 4.78 is 7.06. The van der Waals surface area contributed by atoms with E-state index < -0.39 is 0 Å². The first-order valence-electron chi connectivity index (χ1n) is 9.13. The molecule has 9 heteroatoms. The number of methoxy groups -OCH3 is 1. The van der Waals surface area contributed by atoms with E-state index in [0.717, 1.165) is 69.7 Å². The molecule has 0 aliphatic heterocycles. The number of aromatic nitrogens is 3. The van der Waals surface area contributed by atoms with Crippen molar-refractivity contribution >= 4 is 29.9 Å². The molecule has 0 amide bonds. The second-order valence-corrected chi connectivity index (χ2v) is 6.24. The van der Waals surface area contributed by atoms with E-state index in [4.69, 9.17) is 4.74 Å². The molecule has 1 heterocycles. The third kappa shape index (κ3) is 10.3. The van der Waals surface area contributed by atoms with Crippen LogP contribution in [0.5, 0.6) is 0 Å². The molecule has 0 aliphatic rings. The number of guanidine groups is 1. The van der Waals surface area contributed by atoms with Crippen molar-refractivity contribution in [3.63, 3.8) is 0 Å². The Hall–Kier alpha value is -0.940. The Morgan fingerprint density at radius 1 is 1.19 bits per heavy atom. The fourth-order valence-corrected chi connectivity index (χ4v) is 2.25. The van der Waals surface area contributed by atoms with Crippen LogP contribution in [0.4, 0.5) is 0 Å². The fraction of sp³-hybridized carbons (Fsp3) is 0.824. The van der Waals surface area contributed by atoms with Gasteiger partial charge in [-0.1, -0.05) is 13.3 Å². The number of ether oxygens (including phenoxy) is 1. The van der Waals surface area contributed by atoms with Crippen molar-refractivity contribution in [1.82, 2.24) is 30.3 Å². The first-order chi connectivity index (χ1) is 12.1. The van der Waals surface area contributed by atoms with Crippen LogP contribution < -0.4 is 10.6 Å². The number of hydrogen-bond donors (Lipinski definition) is 2. The lowest BCUT2D eigenvalue weighted by molar-refractivity contribution is 0.180. The van der Waals surface area contributed by atoms with E-state index in [9.17, 15) is 0 Å². The maximum absolute atomic E-state index is 5.09. The van der Waals surface area contributed by atoms with E-state index in [1.807, 2.05) is 18.5 Å². The number of rotatable bonds is 12. The summed E-state index contributed by atoms with van der Waals surface area (Å²) in [5, 5.41) is 15.0. The summed E-state index contributed by atoms with van der Waals surface area (Å²) in [6, 6.07) is 0. The predicted octanol–water partition coefficient (Wildman–Crippen LogP) is 1.55. The number of halogens is 1. The lowest BCUT2D eigenvalue weighted by Crippen LogP contribution is -2.41. The molecule has 26 heavy (non-hydrogen) atoms. The van der Waals surface area contributed by atoms with E-state index in [-0.39, 0.29) is 24.0 Å². The Bertz CT molecular complexity index is 507. The standard InChI is InChI=1S/C17H35N7O.HI/c1-6-7-9-18-17(19-10-12-23(3)11-8-13-25-5)20-14-16-22-21-15(2)24(16)4;/h6-14H2,1-5H3,(H2,18,19,20);1H. The van der Waals surface area contributed by atoms with E-state index in [1.54, 1.807) is 7.11 Å². The molecule has 0 aliphatic carbocycles. The Kier molecular flexibility index (Phi) is 14.6. The lowest BCUT2D eigenvalue weighted by Gasteiger charge is -2.18. The zero-order valence-electron chi connectivity index (χ0n) is 16.9. The van der Waals surface area contributed by atoms with Gasteiger partial charge in [0.25, 0.3) is 0 Å². The number of nitrogens with one attached hydrogen (secondary N) is 2. The second-order valence-electron chi connectivity index (χ2n) is 6.24. The quantitative estimate of drug-likeness (QED) is 0.204. The molecule has 2 N–H and O–H groups in total. The van der Waals surface area contributed by atoms with Crippen LogP contribution in [0.1, 0.15) is 37.8 Å². The molecule has 0 spiro atoms. The van der Waals surface area contributed by atoms with Crippen molar-refractivity contribution < 1.29 is 4.74 Å². The smallest absolute Gasteiger partial charge is 0.191 e. The monoisotopic (exact) mass is 481 g/mol. The topological polar surface area (TPSA) is 79.6 Å². The summed E-state index contributed by atoms with van der Waals surface area (Å²) in [4.78, 5) is 6.94. The molecule has 0 unspecified atom stereocenters. The van der Waals surface area contributed by atoms with Crippen molar-refractivity contribution in [1.29, 1.82) is 0 Å². The molecule has 0 aromatic carbocycles. The van der Waals surface area contributed by atoms with Gasteiger partial charge in [-0.2, -0.15) is 0 Å². The highest BCUT2D eigenvalue weighted by molar-refractivity contribution is 14.0. The molecule has 0 fully saturated rings. The summed E-state index contributed by atoms with van der Waals surface area (Å²) in [6.07, 6.45) is 3.33. The number of aliphatic imine (C=N–C) groups is 1. The Morgan fingerprint density at radius 3 is 2.54 bits per heavy atom. The molecule has 152 valence electrons. The van der Waals surface area contributed by atoms with Crippen molar-refractivity contribution in [2.45, 2.75) is 39.7 Å². The zero-order valence-corrected chi connectivity index (χ0v) is 19.2. The number of likely N-dealkylation sites (N-methyl/N-ethyl adjacent to an activating group) is 1. The molecule has 0 radical (unpaired) electrons. The number of hydrogen-bond acceptors (Lipinski definition) is 5. The minimum absolute atomic E-state index is 0. The summed E-state index contributed by atoms with van der Waals surface area (Å²) in [5.41, 5.74) is 0. The lowest BCUT2D eigenvalue weighted by atomic mass is 10.3. The van der Waals surface area contributed by atoms with Crippen molar-refractivity contribution in [3.05, 3.63) is 11.6 Å². The van der Waals surface area contributed by atoms with Gasteiger partial charge in [0.05, 0.1) is 0 Å². The van der Waals surface area contributed by atoms with Crippen LogP contribution in [-0.4, -0.2) is 72.6 Å². The summed E-state index contributed by atoms with van der Waals surface area (Å²) in [6.45, 7) is 9.21. The van der Waals surface area contributed by atoms with Gasteiger partial charge < -0.3 is 24.8 Å². The average molecular weight is 481 g/mol. The highest BCUT2D eigenvalue weighted by Gasteiger charge is 2.05. The number of aryl methyl sites for hydroxylation is 1. The van der Waals surface area contributed by atoms with Crippen LogP contribution in [0.15, 0.2) is 4.99 Å². The minimum Gasteiger partial charge on any atom is -0.385 e. The zero-order chi connectivity index (χ0) is 18.5. The SMILES string of the molecule is CCCCNC(=NCc1nnc(C)n1C)NCCN(C)CCCOC.I. The minimum atomic E-state index is 0. The van der Waals surface area contributed by atoms with E-state index in [0.29, 0.717) is 6.54 Å². The molecular weight excluding hydrogens is 445 g/mol. The highest BCUT2D eigenvalue weighted by Crippen LogP contribution is 1.99. The summed E-state index contributed by atoms with van der Waals surface area (Å²) in [5.74, 6) is 2.60. The third-order valence-electron chi connectivity index (χ3n) is 4.06. The van der Waals surface area contributed by atoms with E-state index >= 15 is 0 Å². The van der Waals surface area contributed by atoms with Crippen LogP contribution >= 0.6 is 24.0 Å². The molecular formula is C17H36IN7O. The van der Waals surface area contributed by atoms with Gasteiger partial charge in [-0.25, -0.2) is 4.99 Å². The van der Waals surface area contributed by atoms with Gasteiger partial charge in [-0.15, -0.1) is 34.2 Å². The third-order valence-corrected chi connectivity index (χ3v) is 4.06. The Balaban J connectivity index is 0.00000625. The first-order valence-corrected chi connectivity index (χ1v) is 9.13. The molecule has 1 rings (SSSR count). The van der Waals surface area contributed by atoms with Gasteiger partial charge in [-0.05, 0) is 26.8 Å². The number of unbranched alkanes of at least 4 members (excludes halogenated alkanes) is 1. The normalized spacial score (nSPS) is 11.5. The van der Waals surface area contributed by atoms with Crippen molar-refractivity contribution in [2.24, 2.45) is 12.0 Å². The van der Waals surface area contributed by atoms with Gasteiger partial charge in [0.2, 0.25) is 0 Å². The second kappa shape index (κ2) is 15.2. The maximum Gasteiger partial charge on any atom is 0.191 e. The average Bonchev–Trinajstić information content (AvgIpc) is 2.91.